The van der Waals surface area contributed by atoms with E-state index in [9.17, 15) is 19.7 Å². The van der Waals surface area contributed by atoms with E-state index in [1.54, 1.807) is 29.2 Å². The number of anilines is 1. The van der Waals surface area contributed by atoms with Crippen molar-refractivity contribution < 1.29 is 24.0 Å². The molecule has 2 aromatic rings. The molecule has 1 atom stereocenters. The van der Waals surface area contributed by atoms with Crippen LogP contribution in [0.3, 0.4) is 0 Å². The standard InChI is InChI=1S/C22H24N2O6/c1-4-11-29-22(26)16-7-5-15(6-8-16)13-23-18-10-9-17(24(27)28)12-19(18)30-20(14(2)3)21(23)25/h5-10,12,14,20H,4,11,13H2,1-3H3. The second-order valence-electron chi connectivity index (χ2n) is 7.45. The molecule has 1 amide bonds. The Bertz CT molecular complexity index is 955. The molecule has 3 rings (SSSR count). The van der Waals surface area contributed by atoms with Gasteiger partial charge in [-0.2, -0.15) is 0 Å². The normalized spacial score (nSPS) is 15.5. The maximum Gasteiger partial charge on any atom is 0.338 e. The lowest BCUT2D eigenvalue weighted by molar-refractivity contribution is -0.384. The minimum Gasteiger partial charge on any atom is -0.478 e. The van der Waals surface area contributed by atoms with Gasteiger partial charge in [0.15, 0.2) is 11.9 Å². The molecule has 1 heterocycles. The molecule has 8 nitrogen and oxygen atoms in total. The van der Waals surface area contributed by atoms with Crippen molar-refractivity contribution in [2.24, 2.45) is 5.92 Å². The maximum absolute atomic E-state index is 13.0. The minimum atomic E-state index is -0.734. The van der Waals surface area contributed by atoms with Crippen LogP contribution < -0.4 is 9.64 Å². The van der Waals surface area contributed by atoms with Crippen LogP contribution >= 0.6 is 0 Å². The van der Waals surface area contributed by atoms with E-state index >= 15 is 0 Å². The highest BCUT2D eigenvalue weighted by molar-refractivity contribution is 6.00. The molecule has 0 bridgehead atoms. The second-order valence-corrected chi connectivity index (χ2v) is 7.45. The third-order valence-corrected chi connectivity index (χ3v) is 4.78. The van der Waals surface area contributed by atoms with E-state index in [-0.39, 0.29) is 30.0 Å². The summed E-state index contributed by atoms with van der Waals surface area (Å²) in [6.07, 6.45) is 0.0141. The number of nitro groups is 1. The van der Waals surface area contributed by atoms with Crippen LogP contribution in [0, 0.1) is 16.0 Å². The zero-order valence-electron chi connectivity index (χ0n) is 17.2. The van der Waals surface area contributed by atoms with Crippen LogP contribution in [-0.4, -0.2) is 29.5 Å². The van der Waals surface area contributed by atoms with Gasteiger partial charge in [0.1, 0.15) is 0 Å². The van der Waals surface area contributed by atoms with Gasteiger partial charge in [0.05, 0.1) is 35.4 Å². The lowest BCUT2D eigenvalue weighted by atomic mass is 10.0. The third-order valence-electron chi connectivity index (χ3n) is 4.78. The number of amides is 1. The van der Waals surface area contributed by atoms with Crippen molar-refractivity contribution in [2.75, 3.05) is 11.5 Å². The number of nitrogens with zero attached hydrogens (tertiary/aromatic N) is 2. The number of carbonyl (C=O) groups excluding carboxylic acids is 2. The van der Waals surface area contributed by atoms with Crippen molar-refractivity contribution in [1.29, 1.82) is 0 Å². The highest BCUT2D eigenvalue weighted by atomic mass is 16.6. The molecule has 1 aliphatic heterocycles. The molecule has 0 N–H and O–H groups in total. The van der Waals surface area contributed by atoms with Gasteiger partial charge >= 0.3 is 5.97 Å². The lowest BCUT2D eigenvalue weighted by Crippen LogP contribution is -2.48. The molecule has 8 heteroatoms. The molecule has 1 aliphatic rings. The van der Waals surface area contributed by atoms with Gasteiger partial charge in [-0.05, 0) is 36.1 Å². The van der Waals surface area contributed by atoms with E-state index in [4.69, 9.17) is 9.47 Å². The minimum absolute atomic E-state index is 0.0968. The molecular formula is C22H24N2O6. The first kappa shape index (κ1) is 21.3. The van der Waals surface area contributed by atoms with Gasteiger partial charge in [0.2, 0.25) is 0 Å². The Morgan fingerprint density at radius 1 is 1.23 bits per heavy atom. The van der Waals surface area contributed by atoms with E-state index in [1.807, 2.05) is 20.8 Å². The van der Waals surface area contributed by atoms with Crippen LogP contribution in [0.2, 0.25) is 0 Å². The number of nitro benzene ring substituents is 1. The molecular weight excluding hydrogens is 388 g/mol. The van der Waals surface area contributed by atoms with Crippen LogP contribution in [0.15, 0.2) is 42.5 Å². The first-order valence-corrected chi connectivity index (χ1v) is 9.84. The lowest BCUT2D eigenvalue weighted by Gasteiger charge is -2.36. The summed E-state index contributed by atoms with van der Waals surface area (Å²) in [5, 5.41) is 11.1. The van der Waals surface area contributed by atoms with Crippen molar-refractivity contribution in [3.05, 3.63) is 63.7 Å². The average molecular weight is 412 g/mol. The fourth-order valence-corrected chi connectivity index (χ4v) is 3.18. The van der Waals surface area contributed by atoms with Crippen molar-refractivity contribution in [2.45, 2.75) is 39.8 Å². The zero-order chi connectivity index (χ0) is 21.8. The summed E-state index contributed by atoms with van der Waals surface area (Å²) in [4.78, 5) is 37.2. The van der Waals surface area contributed by atoms with Crippen molar-refractivity contribution >= 4 is 23.3 Å². The van der Waals surface area contributed by atoms with Crippen molar-refractivity contribution in [1.82, 2.24) is 0 Å². The summed E-state index contributed by atoms with van der Waals surface area (Å²) in [5.41, 5.74) is 1.63. The summed E-state index contributed by atoms with van der Waals surface area (Å²) in [6, 6.07) is 11.1. The number of ether oxygens (including phenoxy) is 2. The predicted molar refractivity (Wildman–Crippen MR) is 111 cm³/mol. The number of carbonyl (C=O) groups is 2. The van der Waals surface area contributed by atoms with E-state index in [0.29, 0.717) is 23.6 Å². The van der Waals surface area contributed by atoms with E-state index in [1.165, 1.54) is 18.2 Å². The number of rotatable bonds is 7. The molecule has 30 heavy (non-hydrogen) atoms. The first-order chi connectivity index (χ1) is 14.3. The average Bonchev–Trinajstić information content (AvgIpc) is 2.73. The van der Waals surface area contributed by atoms with Gasteiger partial charge < -0.3 is 14.4 Å². The highest BCUT2D eigenvalue weighted by Crippen LogP contribution is 2.39. The smallest absolute Gasteiger partial charge is 0.338 e. The molecule has 0 fully saturated rings. The Morgan fingerprint density at radius 2 is 1.93 bits per heavy atom. The Morgan fingerprint density at radius 3 is 2.53 bits per heavy atom. The molecule has 158 valence electrons. The Hall–Kier alpha value is -3.42. The fourth-order valence-electron chi connectivity index (χ4n) is 3.18. The topological polar surface area (TPSA) is 99.0 Å². The Labute approximate surface area is 174 Å². The Kier molecular flexibility index (Phi) is 6.34. The number of fused-ring (bicyclic) bond motifs is 1. The van der Waals surface area contributed by atoms with Crippen LogP contribution in [0.25, 0.3) is 0 Å². The highest BCUT2D eigenvalue weighted by Gasteiger charge is 2.37. The summed E-state index contributed by atoms with van der Waals surface area (Å²) in [5.74, 6) is -0.397. The van der Waals surface area contributed by atoms with Crippen LogP contribution in [-0.2, 0) is 16.1 Å². The number of hydrogen-bond donors (Lipinski definition) is 0. The summed E-state index contributed by atoms with van der Waals surface area (Å²) < 4.78 is 10.9. The molecule has 0 aliphatic carbocycles. The van der Waals surface area contributed by atoms with Gasteiger partial charge in [-0.25, -0.2) is 4.79 Å². The Balaban J connectivity index is 1.88. The van der Waals surface area contributed by atoms with E-state index in [0.717, 1.165) is 12.0 Å². The van der Waals surface area contributed by atoms with Gasteiger partial charge in [-0.3, -0.25) is 14.9 Å². The fraction of sp³-hybridized carbons (Fsp3) is 0.364. The largest absolute Gasteiger partial charge is 0.478 e. The number of hydrogen-bond acceptors (Lipinski definition) is 6. The number of esters is 1. The van der Waals surface area contributed by atoms with Gasteiger partial charge in [0.25, 0.3) is 11.6 Å². The van der Waals surface area contributed by atoms with Crippen LogP contribution in [0.5, 0.6) is 5.75 Å². The van der Waals surface area contributed by atoms with E-state index < -0.39 is 11.0 Å². The quantitative estimate of drug-likeness (QED) is 0.385. The van der Waals surface area contributed by atoms with Crippen molar-refractivity contribution in [3.63, 3.8) is 0 Å². The van der Waals surface area contributed by atoms with Gasteiger partial charge in [0, 0.05) is 6.07 Å². The second kappa shape index (κ2) is 8.94. The summed E-state index contributed by atoms with van der Waals surface area (Å²) >= 11 is 0. The van der Waals surface area contributed by atoms with Gasteiger partial charge in [-0.1, -0.05) is 32.9 Å². The molecule has 0 saturated carbocycles. The zero-order valence-corrected chi connectivity index (χ0v) is 17.2. The molecule has 0 saturated heterocycles. The monoisotopic (exact) mass is 412 g/mol. The first-order valence-electron chi connectivity index (χ1n) is 9.84. The molecule has 0 aromatic heterocycles. The van der Waals surface area contributed by atoms with Crippen LogP contribution in [0.4, 0.5) is 11.4 Å². The van der Waals surface area contributed by atoms with Gasteiger partial charge in [-0.15, -0.1) is 0 Å². The summed E-state index contributed by atoms with van der Waals surface area (Å²) in [7, 11) is 0. The predicted octanol–water partition coefficient (Wildman–Crippen LogP) is 4.11. The number of benzene rings is 2. The number of non-ortho nitro benzene ring substituents is 1. The molecule has 2 aromatic carbocycles. The molecule has 1 unspecified atom stereocenters. The van der Waals surface area contributed by atoms with E-state index in [2.05, 4.69) is 0 Å². The maximum atomic E-state index is 13.0. The molecule has 0 radical (unpaired) electrons. The SMILES string of the molecule is CCCOC(=O)c1ccc(CN2C(=O)C(C(C)C)Oc3cc([N+](=O)[O-])ccc32)cc1. The third kappa shape index (κ3) is 4.42. The van der Waals surface area contributed by atoms with Crippen LogP contribution in [0.1, 0.15) is 43.1 Å². The van der Waals surface area contributed by atoms with Crippen molar-refractivity contribution in [3.8, 4) is 5.75 Å². The summed E-state index contributed by atoms with van der Waals surface area (Å²) in [6.45, 7) is 6.26. The molecule has 0 spiro atoms.